The number of benzene rings is 1. The van der Waals surface area contributed by atoms with Crippen molar-refractivity contribution in [3.63, 3.8) is 0 Å². The fourth-order valence-electron chi connectivity index (χ4n) is 2.29. The number of hydrogen-bond acceptors (Lipinski definition) is 3. The van der Waals surface area contributed by atoms with Crippen molar-refractivity contribution in [3.8, 4) is 5.75 Å². The molecule has 0 bridgehead atoms. The van der Waals surface area contributed by atoms with Crippen LogP contribution in [0.3, 0.4) is 0 Å². The van der Waals surface area contributed by atoms with Crippen LogP contribution in [0, 0.1) is 5.92 Å². The van der Waals surface area contributed by atoms with Crippen LogP contribution in [0.5, 0.6) is 5.75 Å². The van der Waals surface area contributed by atoms with Gasteiger partial charge in [-0.25, -0.2) is 4.99 Å². The van der Waals surface area contributed by atoms with Crippen LogP contribution < -0.4 is 4.74 Å². The summed E-state index contributed by atoms with van der Waals surface area (Å²) in [6.07, 6.45) is 3.76. The summed E-state index contributed by atoms with van der Waals surface area (Å²) in [7, 11) is 1.67. The van der Waals surface area contributed by atoms with Gasteiger partial charge in [-0.1, -0.05) is 20.3 Å². The second kappa shape index (κ2) is 5.89. The highest BCUT2D eigenvalue weighted by Gasteiger charge is 2.37. The molecule has 0 N–H and O–H groups in total. The van der Waals surface area contributed by atoms with Crippen molar-refractivity contribution in [1.82, 2.24) is 0 Å². The molecule has 0 saturated carbocycles. The number of nitrogens with zero attached hydrogens (tertiary/aromatic N) is 1. The maximum atomic E-state index is 5.76. The Hall–Kier alpha value is -1.51. The van der Waals surface area contributed by atoms with E-state index >= 15 is 0 Å². The van der Waals surface area contributed by atoms with Crippen LogP contribution in [-0.2, 0) is 4.74 Å². The van der Waals surface area contributed by atoms with Gasteiger partial charge in [0.2, 0.25) is 0 Å². The third-order valence-electron chi connectivity index (χ3n) is 3.36. The molecule has 2 atom stereocenters. The average molecular weight is 247 g/mol. The summed E-state index contributed by atoms with van der Waals surface area (Å²) in [4.78, 5) is 4.56. The summed E-state index contributed by atoms with van der Waals surface area (Å²) in [6.45, 7) is 4.38. The molecular formula is C15H21NO2. The van der Waals surface area contributed by atoms with Gasteiger partial charge in [-0.3, -0.25) is 0 Å². The second-order valence-corrected chi connectivity index (χ2v) is 4.61. The zero-order valence-corrected chi connectivity index (χ0v) is 11.3. The highest BCUT2D eigenvalue weighted by molar-refractivity contribution is 5.86. The van der Waals surface area contributed by atoms with Gasteiger partial charge in [-0.15, -0.1) is 0 Å². The maximum absolute atomic E-state index is 5.76. The fourth-order valence-corrected chi connectivity index (χ4v) is 2.29. The van der Waals surface area contributed by atoms with Crippen molar-refractivity contribution in [2.75, 3.05) is 7.11 Å². The lowest BCUT2D eigenvalue weighted by Crippen LogP contribution is -2.44. The molecule has 0 amide bonds. The number of aliphatic imine (C=N–C) groups is 1. The van der Waals surface area contributed by atoms with E-state index in [9.17, 15) is 0 Å². The van der Waals surface area contributed by atoms with E-state index in [1.54, 1.807) is 7.11 Å². The molecule has 0 aromatic heterocycles. The number of methoxy groups -OCH3 is 1. The molecule has 1 aliphatic heterocycles. The molecule has 0 aliphatic carbocycles. The van der Waals surface area contributed by atoms with Crippen molar-refractivity contribution >= 4 is 11.6 Å². The van der Waals surface area contributed by atoms with Crippen LogP contribution in [0.4, 0.5) is 5.69 Å². The Morgan fingerprint density at radius 2 is 1.94 bits per heavy atom. The summed E-state index contributed by atoms with van der Waals surface area (Å²) in [6, 6.07) is 7.75. The summed E-state index contributed by atoms with van der Waals surface area (Å²) in [5.74, 6) is 2.23. The molecule has 1 aromatic carbocycles. The minimum atomic E-state index is 0.372. The van der Waals surface area contributed by atoms with E-state index in [1.165, 1.54) is 0 Å². The normalized spacial score (nSPS) is 24.5. The largest absolute Gasteiger partial charge is 0.497 e. The molecule has 1 aliphatic rings. The Bertz CT molecular complexity index is 411. The summed E-state index contributed by atoms with van der Waals surface area (Å²) in [5.41, 5.74) is 0.930. The number of hydrogen-bond donors (Lipinski definition) is 0. The fraction of sp³-hybridized carbons (Fsp3) is 0.533. The third kappa shape index (κ3) is 2.66. The van der Waals surface area contributed by atoms with Gasteiger partial charge in [0, 0.05) is 0 Å². The highest BCUT2D eigenvalue weighted by Crippen LogP contribution is 2.32. The first kappa shape index (κ1) is 12.9. The Morgan fingerprint density at radius 1 is 1.22 bits per heavy atom. The molecule has 0 unspecified atom stereocenters. The molecule has 1 aromatic rings. The van der Waals surface area contributed by atoms with Crippen molar-refractivity contribution in [2.45, 2.75) is 39.2 Å². The van der Waals surface area contributed by atoms with E-state index in [-0.39, 0.29) is 0 Å². The molecule has 1 saturated heterocycles. The van der Waals surface area contributed by atoms with Gasteiger partial charge in [-0.05, 0) is 37.1 Å². The van der Waals surface area contributed by atoms with E-state index in [2.05, 4.69) is 18.8 Å². The molecule has 1 heterocycles. The van der Waals surface area contributed by atoms with Crippen LogP contribution in [0.15, 0.2) is 29.3 Å². The predicted octanol–water partition coefficient (Wildman–Crippen LogP) is 3.95. The molecule has 0 radical (unpaired) electrons. The Balaban J connectivity index is 2.04. The summed E-state index contributed by atoms with van der Waals surface area (Å²) < 4.78 is 10.9. The van der Waals surface area contributed by atoms with E-state index in [0.717, 1.165) is 36.6 Å². The topological polar surface area (TPSA) is 30.8 Å². The van der Waals surface area contributed by atoms with Crippen molar-refractivity contribution in [1.29, 1.82) is 0 Å². The third-order valence-corrected chi connectivity index (χ3v) is 3.36. The van der Waals surface area contributed by atoms with Gasteiger partial charge in [0.15, 0.2) is 5.90 Å². The van der Waals surface area contributed by atoms with Gasteiger partial charge >= 0.3 is 0 Å². The minimum absolute atomic E-state index is 0.372. The molecule has 3 heteroatoms. The lowest BCUT2D eigenvalue weighted by atomic mass is 9.90. The Labute approximate surface area is 109 Å². The minimum Gasteiger partial charge on any atom is -0.497 e. The lowest BCUT2D eigenvalue weighted by molar-refractivity contribution is 0.0478. The lowest BCUT2D eigenvalue weighted by Gasteiger charge is -2.38. The van der Waals surface area contributed by atoms with Gasteiger partial charge < -0.3 is 9.47 Å². The molecule has 3 nitrogen and oxygen atoms in total. The number of ether oxygens (including phenoxy) is 2. The predicted molar refractivity (Wildman–Crippen MR) is 73.7 cm³/mol. The van der Waals surface area contributed by atoms with Crippen LogP contribution >= 0.6 is 0 Å². The standard InChI is InChI=1S/C15H21NO2/c1-4-6-14-13(5-2)15(18-14)16-11-7-9-12(17-3)10-8-11/h7-10,13-14H,4-6H2,1-3H3/t13-,14-/m1/s1. The molecule has 1 fully saturated rings. The smallest absolute Gasteiger partial charge is 0.195 e. The van der Waals surface area contributed by atoms with Crippen molar-refractivity contribution in [3.05, 3.63) is 24.3 Å². The van der Waals surface area contributed by atoms with Crippen molar-refractivity contribution < 1.29 is 9.47 Å². The molecule has 0 spiro atoms. The van der Waals surface area contributed by atoms with E-state index in [0.29, 0.717) is 12.0 Å². The van der Waals surface area contributed by atoms with Crippen LogP contribution in [0.2, 0.25) is 0 Å². The van der Waals surface area contributed by atoms with Crippen LogP contribution in [0.1, 0.15) is 33.1 Å². The van der Waals surface area contributed by atoms with Gasteiger partial charge in [0.1, 0.15) is 11.9 Å². The highest BCUT2D eigenvalue weighted by atomic mass is 16.5. The van der Waals surface area contributed by atoms with Gasteiger partial charge in [0.25, 0.3) is 0 Å². The molecule has 98 valence electrons. The van der Waals surface area contributed by atoms with E-state index < -0.39 is 0 Å². The maximum Gasteiger partial charge on any atom is 0.195 e. The first-order valence-electron chi connectivity index (χ1n) is 6.67. The SMILES string of the molecule is CCC[C@H]1OC(=Nc2ccc(OC)cc2)[C@@H]1CC. The van der Waals surface area contributed by atoms with Gasteiger partial charge in [-0.2, -0.15) is 0 Å². The van der Waals surface area contributed by atoms with E-state index in [4.69, 9.17) is 9.47 Å². The number of rotatable bonds is 5. The van der Waals surface area contributed by atoms with Crippen LogP contribution in [-0.4, -0.2) is 19.1 Å². The zero-order chi connectivity index (χ0) is 13.0. The van der Waals surface area contributed by atoms with Gasteiger partial charge in [0.05, 0.1) is 18.7 Å². The Morgan fingerprint density at radius 3 is 2.50 bits per heavy atom. The second-order valence-electron chi connectivity index (χ2n) is 4.61. The summed E-state index contributed by atoms with van der Waals surface area (Å²) in [5, 5.41) is 0. The average Bonchev–Trinajstić information content (AvgIpc) is 2.38. The van der Waals surface area contributed by atoms with Crippen molar-refractivity contribution in [2.24, 2.45) is 10.9 Å². The zero-order valence-electron chi connectivity index (χ0n) is 11.3. The molecule has 2 rings (SSSR count). The summed E-state index contributed by atoms with van der Waals surface area (Å²) >= 11 is 0. The van der Waals surface area contributed by atoms with E-state index in [1.807, 2.05) is 24.3 Å². The monoisotopic (exact) mass is 247 g/mol. The van der Waals surface area contributed by atoms with Crippen LogP contribution in [0.25, 0.3) is 0 Å². The first-order valence-corrected chi connectivity index (χ1v) is 6.67. The Kier molecular flexibility index (Phi) is 4.24. The first-order chi connectivity index (χ1) is 8.78. The molecule has 18 heavy (non-hydrogen) atoms. The molecular weight excluding hydrogens is 226 g/mol. The quantitative estimate of drug-likeness (QED) is 0.788.